The largest absolute Gasteiger partial charge is 0.331 e. The molecule has 0 aliphatic rings. The Kier molecular flexibility index (Phi) is 5.99. The van der Waals surface area contributed by atoms with Crippen molar-refractivity contribution in [3.8, 4) is 0 Å². The van der Waals surface area contributed by atoms with Gasteiger partial charge in [-0.25, -0.2) is 10.9 Å². The lowest BCUT2D eigenvalue weighted by Crippen LogP contribution is -2.36. The zero-order valence-electron chi connectivity index (χ0n) is 13.8. The molecule has 0 atom stereocenters. The Balaban J connectivity index is 1.91. The van der Waals surface area contributed by atoms with Crippen molar-refractivity contribution in [2.45, 2.75) is 27.7 Å². The van der Waals surface area contributed by atoms with Crippen molar-refractivity contribution < 1.29 is 9.59 Å². The van der Waals surface area contributed by atoms with E-state index in [1.54, 1.807) is 36.5 Å². The Labute approximate surface area is 148 Å². The van der Waals surface area contributed by atoms with Crippen molar-refractivity contribution in [1.29, 1.82) is 0 Å². The first kappa shape index (κ1) is 18.0. The molecule has 2 heterocycles. The van der Waals surface area contributed by atoms with E-state index in [0.29, 0.717) is 11.4 Å². The number of amides is 2. The third-order valence-corrected chi connectivity index (χ3v) is 5.27. The maximum Gasteiger partial charge on any atom is 0.331 e. The first-order valence-corrected chi connectivity index (χ1v) is 8.82. The van der Waals surface area contributed by atoms with Crippen molar-refractivity contribution >= 4 is 45.9 Å². The molecule has 2 aromatic heterocycles. The van der Waals surface area contributed by atoms with Crippen LogP contribution in [0.1, 0.15) is 33.4 Å². The highest BCUT2D eigenvalue weighted by atomic mass is 32.1. The molecule has 2 rings (SSSR count). The number of aryl methyl sites for hydroxylation is 2. The number of carbonyl (C=O) groups is 2. The molecule has 0 unspecified atom stereocenters. The highest BCUT2D eigenvalue weighted by Gasteiger charge is 2.13. The molecule has 24 heavy (non-hydrogen) atoms. The number of thiophene rings is 2. The first-order valence-electron chi connectivity index (χ1n) is 7.19. The van der Waals surface area contributed by atoms with Gasteiger partial charge in [-0.2, -0.15) is 10.2 Å². The Morgan fingerprint density at radius 3 is 1.46 bits per heavy atom. The summed E-state index contributed by atoms with van der Waals surface area (Å²) in [6, 6.07) is 7.78. The van der Waals surface area contributed by atoms with Gasteiger partial charge in [-0.15, -0.1) is 22.7 Å². The molecule has 0 saturated carbocycles. The van der Waals surface area contributed by atoms with Gasteiger partial charge in [-0.05, 0) is 52.0 Å². The fraction of sp³-hybridized carbons (Fsp3) is 0.250. The molecule has 0 bridgehead atoms. The highest BCUT2D eigenvalue weighted by Crippen LogP contribution is 2.16. The lowest BCUT2D eigenvalue weighted by atomic mass is 10.3. The predicted molar refractivity (Wildman–Crippen MR) is 98.8 cm³/mol. The quantitative estimate of drug-likeness (QED) is 0.498. The Morgan fingerprint density at radius 1 is 0.792 bits per heavy atom. The molecular weight excluding hydrogens is 344 g/mol. The van der Waals surface area contributed by atoms with Gasteiger partial charge in [0, 0.05) is 9.75 Å². The third-order valence-electron chi connectivity index (χ3n) is 3.05. The minimum atomic E-state index is -0.860. The molecule has 2 aromatic rings. The smallest absolute Gasteiger partial charge is 0.262 e. The van der Waals surface area contributed by atoms with E-state index >= 15 is 0 Å². The van der Waals surface area contributed by atoms with E-state index in [4.69, 9.17) is 0 Å². The van der Waals surface area contributed by atoms with E-state index in [9.17, 15) is 9.59 Å². The number of hydrogen-bond donors (Lipinski definition) is 2. The molecule has 0 aliphatic heterocycles. The average Bonchev–Trinajstić information content (AvgIpc) is 3.18. The minimum Gasteiger partial charge on any atom is -0.262 e. The molecule has 0 fully saturated rings. The van der Waals surface area contributed by atoms with Crippen LogP contribution in [0.25, 0.3) is 0 Å². The van der Waals surface area contributed by atoms with Crippen LogP contribution in [-0.4, -0.2) is 23.2 Å². The second kappa shape index (κ2) is 7.98. The summed E-state index contributed by atoms with van der Waals surface area (Å²) in [6.07, 6.45) is 0. The van der Waals surface area contributed by atoms with E-state index < -0.39 is 11.8 Å². The van der Waals surface area contributed by atoms with Crippen molar-refractivity contribution in [3.05, 3.63) is 43.8 Å². The van der Waals surface area contributed by atoms with Gasteiger partial charge in [0.25, 0.3) is 0 Å². The van der Waals surface area contributed by atoms with Gasteiger partial charge in [0.15, 0.2) is 0 Å². The van der Waals surface area contributed by atoms with E-state index in [-0.39, 0.29) is 0 Å². The van der Waals surface area contributed by atoms with Gasteiger partial charge in [0.1, 0.15) is 0 Å². The van der Waals surface area contributed by atoms with E-state index in [2.05, 4.69) is 21.1 Å². The Bertz CT molecular complexity index is 749. The molecule has 2 amide bonds. The summed E-state index contributed by atoms with van der Waals surface area (Å²) in [7, 11) is 0. The second-order valence-corrected chi connectivity index (χ2v) is 7.67. The molecule has 8 heteroatoms. The summed E-state index contributed by atoms with van der Waals surface area (Å²) in [5.41, 5.74) is 5.75. The summed E-state index contributed by atoms with van der Waals surface area (Å²) in [4.78, 5) is 27.7. The highest BCUT2D eigenvalue weighted by molar-refractivity contribution is 7.14. The van der Waals surface area contributed by atoms with E-state index in [1.807, 2.05) is 38.1 Å². The summed E-state index contributed by atoms with van der Waals surface area (Å²) in [6.45, 7) is 7.52. The Hall–Kier alpha value is -2.32. The molecule has 0 aliphatic carbocycles. The minimum absolute atomic E-state index is 0.642. The summed E-state index contributed by atoms with van der Waals surface area (Å²) in [5, 5.41) is 7.88. The number of carbonyl (C=O) groups excluding carboxylic acids is 2. The van der Waals surface area contributed by atoms with Gasteiger partial charge in [-0.1, -0.05) is 0 Å². The summed E-state index contributed by atoms with van der Waals surface area (Å²) in [5.74, 6) is -1.72. The van der Waals surface area contributed by atoms with Crippen LogP contribution in [0.5, 0.6) is 0 Å². The van der Waals surface area contributed by atoms with Crippen LogP contribution in [0.3, 0.4) is 0 Å². The fourth-order valence-electron chi connectivity index (χ4n) is 1.74. The maximum absolute atomic E-state index is 11.7. The average molecular weight is 362 g/mol. The molecular formula is C16H18N4O2S2. The van der Waals surface area contributed by atoms with Crippen molar-refractivity contribution in [2.75, 3.05) is 0 Å². The normalized spacial score (nSPS) is 12.2. The molecule has 0 saturated heterocycles. The summed E-state index contributed by atoms with van der Waals surface area (Å²) >= 11 is 3.13. The van der Waals surface area contributed by atoms with Crippen LogP contribution >= 0.6 is 22.7 Å². The van der Waals surface area contributed by atoms with Crippen molar-refractivity contribution in [2.24, 2.45) is 10.2 Å². The van der Waals surface area contributed by atoms with Gasteiger partial charge in [-0.3, -0.25) is 9.59 Å². The lowest BCUT2D eigenvalue weighted by molar-refractivity contribution is -0.139. The zero-order valence-corrected chi connectivity index (χ0v) is 15.5. The summed E-state index contributed by atoms with van der Waals surface area (Å²) < 4.78 is 0. The zero-order chi connectivity index (χ0) is 17.7. The number of hydrogen-bond acceptors (Lipinski definition) is 6. The van der Waals surface area contributed by atoms with Crippen molar-refractivity contribution in [3.63, 3.8) is 0 Å². The van der Waals surface area contributed by atoms with Crippen LogP contribution in [0.15, 0.2) is 34.5 Å². The van der Waals surface area contributed by atoms with Gasteiger partial charge >= 0.3 is 11.8 Å². The van der Waals surface area contributed by atoms with E-state index in [1.165, 1.54) is 0 Å². The fourth-order valence-corrected chi connectivity index (χ4v) is 3.36. The van der Waals surface area contributed by atoms with Gasteiger partial charge < -0.3 is 0 Å². The van der Waals surface area contributed by atoms with E-state index in [0.717, 1.165) is 19.5 Å². The van der Waals surface area contributed by atoms with Crippen LogP contribution in [0.4, 0.5) is 0 Å². The van der Waals surface area contributed by atoms with Crippen molar-refractivity contribution in [1.82, 2.24) is 10.9 Å². The monoisotopic (exact) mass is 362 g/mol. The maximum atomic E-state index is 11.7. The molecule has 126 valence electrons. The predicted octanol–water partition coefficient (Wildman–Crippen LogP) is 2.81. The molecule has 0 radical (unpaired) electrons. The molecule has 2 N–H and O–H groups in total. The topological polar surface area (TPSA) is 82.9 Å². The Morgan fingerprint density at radius 2 is 1.17 bits per heavy atom. The number of nitrogens with zero attached hydrogens (tertiary/aromatic N) is 2. The number of nitrogens with one attached hydrogen (secondary N) is 2. The van der Waals surface area contributed by atoms with Crippen LogP contribution in [-0.2, 0) is 9.59 Å². The molecule has 0 aromatic carbocycles. The number of rotatable bonds is 4. The first-order chi connectivity index (χ1) is 11.4. The van der Waals surface area contributed by atoms with Crippen LogP contribution in [0.2, 0.25) is 0 Å². The number of hydrazone groups is 2. The standard InChI is InChI=1S/C16H18N4O2S2/c1-9-5-7-13(23-9)11(3)17-19-15(21)16(22)20-18-12(4)14-8-6-10(2)24-14/h5-8H,1-4H3,(H,19,21)(H,20,22)/b17-11+,18-12+. The second-order valence-electron chi connectivity index (χ2n) is 5.10. The van der Waals surface area contributed by atoms with Crippen LogP contribution in [0, 0.1) is 13.8 Å². The SMILES string of the molecule is C/C(=N\NC(=O)C(=O)N/N=C(\C)c1ccc(C)s1)c1ccc(C)s1. The van der Waals surface area contributed by atoms with Gasteiger partial charge in [0.2, 0.25) is 0 Å². The van der Waals surface area contributed by atoms with Crippen LogP contribution < -0.4 is 10.9 Å². The lowest BCUT2D eigenvalue weighted by Gasteiger charge is -2.01. The van der Waals surface area contributed by atoms with Gasteiger partial charge in [0.05, 0.1) is 21.2 Å². The molecule has 6 nitrogen and oxygen atoms in total. The third kappa shape index (κ3) is 4.84. The molecule has 0 spiro atoms.